The first-order valence-corrected chi connectivity index (χ1v) is 9.65. The number of fused-ring (bicyclic) bond motifs is 1. The highest BCUT2D eigenvalue weighted by Gasteiger charge is 2.20. The molecule has 1 aliphatic rings. The van der Waals surface area contributed by atoms with Crippen LogP contribution in [0.1, 0.15) is 24.3 Å². The summed E-state index contributed by atoms with van der Waals surface area (Å²) in [7, 11) is 0. The second kappa shape index (κ2) is 7.96. The van der Waals surface area contributed by atoms with Crippen molar-refractivity contribution in [2.75, 3.05) is 26.2 Å². The number of benzene rings is 1. The molecule has 1 amide bonds. The number of aryl methyl sites for hydroxylation is 2. The highest BCUT2D eigenvalue weighted by atomic mass is 16.3. The molecule has 27 heavy (non-hydrogen) atoms. The van der Waals surface area contributed by atoms with E-state index in [-0.39, 0.29) is 5.91 Å². The van der Waals surface area contributed by atoms with Gasteiger partial charge in [-0.3, -0.25) is 14.4 Å². The Balaban J connectivity index is 1.29. The lowest BCUT2D eigenvalue weighted by Crippen LogP contribution is -2.35. The molecule has 1 saturated heterocycles. The third-order valence-corrected chi connectivity index (χ3v) is 5.13. The van der Waals surface area contributed by atoms with Crippen molar-refractivity contribution in [2.24, 2.45) is 0 Å². The minimum atomic E-state index is 0.216. The van der Waals surface area contributed by atoms with E-state index in [0.717, 1.165) is 61.6 Å². The topological polar surface area (TPSA) is 54.5 Å². The lowest BCUT2D eigenvalue weighted by atomic mass is 10.2. The lowest BCUT2D eigenvalue weighted by Gasteiger charge is -2.21. The van der Waals surface area contributed by atoms with E-state index in [1.165, 1.54) is 0 Å². The predicted octanol–water partition coefficient (Wildman–Crippen LogP) is 3.06. The van der Waals surface area contributed by atoms with Crippen LogP contribution in [0.5, 0.6) is 0 Å². The summed E-state index contributed by atoms with van der Waals surface area (Å²) in [6, 6.07) is 12.2. The minimum absolute atomic E-state index is 0.216. The molecule has 4 rings (SSSR count). The molecular weight excluding hydrogens is 340 g/mol. The van der Waals surface area contributed by atoms with Crippen molar-refractivity contribution in [2.45, 2.75) is 32.9 Å². The zero-order valence-corrected chi connectivity index (χ0v) is 15.8. The quantitative estimate of drug-likeness (QED) is 0.696. The molecule has 6 heteroatoms. The molecule has 0 saturated carbocycles. The molecule has 0 spiro atoms. The van der Waals surface area contributed by atoms with Gasteiger partial charge in [-0.05, 0) is 31.5 Å². The van der Waals surface area contributed by atoms with Crippen LogP contribution in [-0.4, -0.2) is 51.7 Å². The number of amides is 1. The highest BCUT2D eigenvalue weighted by Crippen LogP contribution is 2.20. The van der Waals surface area contributed by atoms with Crippen molar-refractivity contribution in [1.29, 1.82) is 0 Å². The Morgan fingerprint density at radius 2 is 2.04 bits per heavy atom. The summed E-state index contributed by atoms with van der Waals surface area (Å²) < 4.78 is 7.79. The van der Waals surface area contributed by atoms with Gasteiger partial charge in [0.15, 0.2) is 0 Å². The molecule has 0 unspecified atom stereocenters. The van der Waals surface area contributed by atoms with E-state index >= 15 is 0 Å². The predicted molar refractivity (Wildman–Crippen MR) is 104 cm³/mol. The summed E-state index contributed by atoms with van der Waals surface area (Å²) in [5, 5.41) is 5.50. The molecule has 0 aliphatic carbocycles. The van der Waals surface area contributed by atoms with Crippen LogP contribution >= 0.6 is 0 Å². The summed E-state index contributed by atoms with van der Waals surface area (Å²) in [4.78, 5) is 16.9. The van der Waals surface area contributed by atoms with Crippen LogP contribution < -0.4 is 0 Å². The zero-order valence-electron chi connectivity index (χ0n) is 15.8. The molecule has 0 radical (unpaired) electrons. The number of aromatic nitrogens is 2. The first-order chi connectivity index (χ1) is 13.2. The van der Waals surface area contributed by atoms with Crippen molar-refractivity contribution >= 4 is 16.9 Å². The van der Waals surface area contributed by atoms with Crippen molar-refractivity contribution in [3.63, 3.8) is 0 Å². The highest BCUT2D eigenvalue weighted by molar-refractivity contribution is 5.77. The van der Waals surface area contributed by atoms with E-state index in [4.69, 9.17) is 4.42 Å². The van der Waals surface area contributed by atoms with Crippen LogP contribution in [0.25, 0.3) is 11.0 Å². The van der Waals surface area contributed by atoms with Gasteiger partial charge in [0, 0.05) is 50.7 Å². The minimum Gasteiger partial charge on any atom is -0.460 e. The van der Waals surface area contributed by atoms with Gasteiger partial charge in [0.2, 0.25) is 5.91 Å². The number of hydrogen-bond donors (Lipinski definition) is 0. The Labute approximate surface area is 159 Å². The third-order valence-electron chi connectivity index (χ3n) is 5.13. The molecule has 0 atom stereocenters. The molecule has 0 N–H and O–H groups in total. The van der Waals surface area contributed by atoms with Crippen molar-refractivity contribution in [3.8, 4) is 0 Å². The maximum atomic E-state index is 12.6. The Morgan fingerprint density at radius 1 is 1.15 bits per heavy atom. The van der Waals surface area contributed by atoms with Crippen molar-refractivity contribution < 1.29 is 9.21 Å². The second-order valence-electron chi connectivity index (χ2n) is 7.23. The average Bonchev–Trinajstić information content (AvgIpc) is 3.19. The van der Waals surface area contributed by atoms with E-state index < -0.39 is 0 Å². The molecule has 1 aromatic carbocycles. The number of furan rings is 1. The molecule has 1 fully saturated rings. The van der Waals surface area contributed by atoms with E-state index in [1.807, 2.05) is 47.0 Å². The fourth-order valence-electron chi connectivity index (χ4n) is 3.67. The van der Waals surface area contributed by atoms with Gasteiger partial charge >= 0.3 is 0 Å². The lowest BCUT2D eigenvalue weighted by molar-refractivity contribution is -0.131. The van der Waals surface area contributed by atoms with E-state index in [0.29, 0.717) is 13.0 Å². The molecular formula is C21H26N4O2. The summed E-state index contributed by atoms with van der Waals surface area (Å²) >= 11 is 0. The SMILES string of the molecule is Cc1ccn(CCC(=O)N2CCCN(Cc3cc4ccccc4o3)CC2)n1. The molecule has 1 aliphatic heterocycles. The van der Waals surface area contributed by atoms with Crippen LogP contribution in [0, 0.1) is 6.92 Å². The smallest absolute Gasteiger partial charge is 0.224 e. The summed E-state index contributed by atoms with van der Waals surface area (Å²) in [6.07, 6.45) is 3.43. The van der Waals surface area contributed by atoms with Gasteiger partial charge in [0.05, 0.1) is 12.2 Å². The van der Waals surface area contributed by atoms with Gasteiger partial charge in [0.25, 0.3) is 0 Å². The van der Waals surface area contributed by atoms with Crippen LogP contribution in [0.3, 0.4) is 0 Å². The standard InChI is InChI=1S/C21H26N4O2/c1-17-7-11-25(22-17)12-8-21(26)24-10-4-9-23(13-14-24)16-19-15-18-5-2-3-6-20(18)27-19/h2-3,5-7,11,15H,4,8-10,12-14,16H2,1H3. The molecule has 6 nitrogen and oxygen atoms in total. The van der Waals surface area contributed by atoms with Crippen LogP contribution in [0.4, 0.5) is 0 Å². The Kier molecular flexibility index (Phi) is 5.25. The molecule has 3 heterocycles. The zero-order chi connectivity index (χ0) is 18.6. The first kappa shape index (κ1) is 17.8. The van der Waals surface area contributed by atoms with Gasteiger partial charge in [-0.2, -0.15) is 5.10 Å². The van der Waals surface area contributed by atoms with E-state index in [1.54, 1.807) is 0 Å². The van der Waals surface area contributed by atoms with Gasteiger partial charge in [-0.1, -0.05) is 18.2 Å². The van der Waals surface area contributed by atoms with Crippen LogP contribution in [0.15, 0.2) is 47.0 Å². The van der Waals surface area contributed by atoms with Crippen molar-refractivity contribution in [1.82, 2.24) is 19.6 Å². The average molecular weight is 366 g/mol. The number of para-hydroxylation sites is 1. The molecule has 142 valence electrons. The summed E-state index contributed by atoms with van der Waals surface area (Å²) in [5.41, 5.74) is 1.92. The number of rotatable bonds is 5. The number of carbonyl (C=O) groups is 1. The van der Waals surface area contributed by atoms with Gasteiger partial charge in [-0.25, -0.2) is 0 Å². The largest absolute Gasteiger partial charge is 0.460 e. The van der Waals surface area contributed by atoms with Gasteiger partial charge < -0.3 is 9.32 Å². The Morgan fingerprint density at radius 3 is 2.85 bits per heavy atom. The van der Waals surface area contributed by atoms with Crippen LogP contribution in [0.2, 0.25) is 0 Å². The maximum Gasteiger partial charge on any atom is 0.224 e. The summed E-state index contributed by atoms with van der Waals surface area (Å²) in [6.45, 7) is 6.87. The van der Waals surface area contributed by atoms with Crippen molar-refractivity contribution in [3.05, 3.63) is 54.0 Å². The van der Waals surface area contributed by atoms with E-state index in [9.17, 15) is 4.79 Å². The van der Waals surface area contributed by atoms with Crippen LogP contribution in [-0.2, 0) is 17.9 Å². The maximum absolute atomic E-state index is 12.6. The van der Waals surface area contributed by atoms with E-state index in [2.05, 4.69) is 22.1 Å². The fraction of sp³-hybridized carbons (Fsp3) is 0.429. The normalized spacial score (nSPS) is 16.0. The monoisotopic (exact) mass is 366 g/mol. The van der Waals surface area contributed by atoms with Gasteiger partial charge in [0.1, 0.15) is 11.3 Å². The van der Waals surface area contributed by atoms with Gasteiger partial charge in [-0.15, -0.1) is 0 Å². The molecule has 2 aromatic heterocycles. The molecule has 3 aromatic rings. The summed E-state index contributed by atoms with van der Waals surface area (Å²) in [5.74, 6) is 1.21. The third kappa shape index (κ3) is 4.39. The number of nitrogens with zero attached hydrogens (tertiary/aromatic N) is 4. The second-order valence-corrected chi connectivity index (χ2v) is 7.23. The number of carbonyl (C=O) groups excluding carboxylic acids is 1. The Bertz CT molecular complexity index is 881. The fourth-order valence-corrected chi connectivity index (χ4v) is 3.67. The Hall–Kier alpha value is -2.60. The molecule has 0 bridgehead atoms. The number of hydrogen-bond acceptors (Lipinski definition) is 4. The first-order valence-electron chi connectivity index (χ1n) is 9.65.